The first-order valence-electron chi connectivity index (χ1n) is 7.43. The van der Waals surface area contributed by atoms with Crippen LogP contribution < -0.4 is 14.8 Å². The lowest BCUT2D eigenvalue weighted by atomic mass is 10.2. The van der Waals surface area contributed by atoms with E-state index in [-0.39, 0.29) is 18.4 Å². The van der Waals surface area contributed by atoms with Crippen molar-refractivity contribution in [2.75, 3.05) is 47.5 Å². The Hall–Kier alpha value is -2.35. The number of nitrogens with zero attached hydrogens (tertiary/aromatic N) is 2. The molecule has 1 aromatic carbocycles. The Balaban J connectivity index is 1.52. The van der Waals surface area contributed by atoms with E-state index in [1.807, 2.05) is 18.2 Å². The topological polar surface area (TPSA) is 76.7 Å². The largest absolute Gasteiger partial charge is 0.374 e. The number of hydrogen-bond acceptors (Lipinski definition) is 6. The minimum atomic E-state index is -0.0776. The lowest BCUT2D eigenvalue weighted by Gasteiger charge is -2.34. The van der Waals surface area contributed by atoms with Gasteiger partial charge in [-0.3, -0.25) is 9.59 Å². The normalized spacial score (nSPS) is 16.2. The lowest BCUT2D eigenvalue weighted by molar-refractivity contribution is -0.135. The van der Waals surface area contributed by atoms with Crippen LogP contribution in [0.3, 0.4) is 0 Å². The molecule has 23 heavy (non-hydrogen) atoms. The maximum absolute atomic E-state index is 12.3. The number of fused-ring (bicyclic) bond motifs is 1. The van der Waals surface area contributed by atoms with Crippen molar-refractivity contribution >= 4 is 41.0 Å². The number of piperazine rings is 1. The summed E-state index contributed by atoms with van der Waals surface area (Å²) < 4.78 is 6.30. The van der Waals surface area contributed by atoms with Crippen LogP contribution in [-0.2, 0) is 9.59 Å². The average Bonchev–Trinajstić information content (AvgIpc) is 3.08. The Morgan fingerprint density at radius 3 is 2.70 bits per heavy atom. The zero-order valence-electron chi connectivity index (χ0n) is 12.7. The quantitative estimate of drug-likeness (QED) is 0.570. The van der Waals surface area contributed by atoms with Gasteiger partial charge in [0.1, 0.15) is 0 Å². The molecule has 0 atom stereocenters. The van der Waals surface area contributed by atoms with Gasteiger partial charge in [0.2, 0.25) is 11.8 Å². The van der Waals surface area contributed by atoms with Crippen molar-refractivity contribution in [1.82, 2.24) is 9.80 Å². The van der Waals surface area contributed by atoms with Crippen LogP contribution in [0.4, 0.5) is 17.1 Å². The molecular formula is C15H19N5O2S. The van der Waals surface area contributed by atoms with Gasteiger partial charge in [0.25, 0.3) is 0 Å². The number of amides is 2. The van der Waals surface area contributed by atoms with Gasteiger partial charge in [0.05, 0.1) is 35.7 Å². The molecule has 1 aromatic rings. The molecule has 122 valence electrons. The van der Waals surface area contributed by atoms with Crippen molar-refractivity contribution in [2.24, 2.45) is 0 Å². The van der Waals surface area contributed by atoms with Gasteiger partial charge in [-0.2, -0.15) is 0 Å². The van der Waals surface area contributed by atoms with Gasteiger partial charge in [0.15, 0.2) is 0 Å². The van der Waals surface area contributed by atoms with Crippen LogP contribution in [0.25, 0.3) is 0 Å². The Labute approximate surface area is 139 Å². The number of carbonyl (C=O) groups excluding carboxylic acids is 2. The van der Waals surface area contributed by atoms with Crippen LogP contribution in [-0.4, -0.2) is 54.3 Å². The van der Waals surface area contributed by atoms with Crippen molar-refractivity contribution in [1.29, 1.82) is 0 Å². The standard InChI is InChI=1S/C15H19N5O2S/c1-2-13(21)19-6-8-20(9-7-19)14(22)10-16-11-4-3-5-12-15(11)18-23-17-12/h2-5,16-18H,1,6-10H2. The van der Waals surface area contributed by atoms with Gasteiger partial charge in [-0.05, 0) is 18.2 Å². The van der Waals surface area contributed by atoms with Crippen molar-refractivity contribution in [3.63, 3.8) is 0 Å². The van der Waals surface area contributed by atoms with Gasteiger partial charge in [-0.1, -0.05) is 12.6 Å². The van der Waals surface area contributed by atoms with Crippen LogP contribution in [0, 0.1) is 0 Å². The van der Waals surface area contributed by atoms with Gasteiger partial charge < -0.3 is 24.6 Å². The lowest BCUT2D eigenvalue weighted by Crippen LogP contribution is -2.51. The predicted molar refractivity (Wildman–Crippen MR) is 93.1 cm³/mol. The molecule has 0 unspecified atom stereocenters. The Morgan fingerprint density at radius 2 is 1.96 bits per heavy atom. The fourth-order valence-corrected chi connectivity index (χ4v) is 3.27. The fourth-order valence-electron chi connectivity index (χ4n) is 2.61. The van der Waals surface area contributed by atoms with Gasteiger partial charge in [-0.25, -0.2) is 0 Å². The first-order valence-corrected chi connectivity index (χ1v) is 8.24. The Bertz CT molecular complexity index is 628. The first kappa shape index (κ1) is 15.5. The van der Waals surface area contributed by atoms with E-state index < -0.39 is 0 Å². The van der Waals surface area contributed by atoms with E-state index in [1.54, 1.807) is 9.80 Å². The number of para-hydroxylation sites is 1. The van der Waals surface area contributed by atoms with E-state index in [1.165, 1.54) is 18.2 Å². The summed E-state index contributed by atoms with van der Waals surface area (Å²) in [7, 11) is 0. The first-order chi connectivity index (χ1) is 11.2. The number of anilines is 3. The van der Waals surface area contributed by atoms with Crippen LogP contribution in [0.2, 0.25) is 0 Å². The van der Waals surface area contributed by atoms with Gasteiger partial charge >= 0.3 is 0 Å². The van der Waals surface area contributed by atoms with E-state index in [4.69, 9.17) is 0 Å². The maximum Gasteiger partial charge on any atom is 0.246 e. The molecule has 7 nitrogen and oxygen atoms in total. The summed E-state index contributed by atoms with van der Waals surface area (Å²) in [5, 5.41) is 3.18. The number of rotatable bonds is 4. The summed E-state index contributed by atoms with van der Waals surface area (Å²) in [6.45, 7) is 5.95. The fraction of sp³-hybridized carbons (Fsp3) is 0.333. The second-order valence-electron chi connectivity index (χ2n) is 5.30. The molecule has 3 rings (SSSR count). The third kappa shape index (κ3) is 3.37. The monoisotopic (exact) mass is 333 g/mol. The molecule has 0 aliphatic carbocycles. The smallest absolute Gasteiger partial charge is 0.246 e. The molecule has 0 spiro atoms. The predicted octanol–water partition coefficient (Wildman–Crippen LogP) is 1.36. The van der Waals surface area contributed by atoms with Gasteiger partial charge in [-0.15, -0.1) is 0 Å². The molecule has 0 saturated carbocycles. The molecule has 1 saturated heterocycles. The number of carbonyl (C=O) groups is 2. The van der Waals surface area contributed by atoms with Crippen LogP contribution in [0.5, 0.6) is 0 Å². The maximum atomic E-state index is 12.3. The zero-order valence-corrected chi connectivity index (χ0v) is 13.5. The molecule has 2 amide bonds. The van der Waals surface area contributed by atoms with E-state index >= 15 is 0 Å². The van der Waals surface area contributed by atoms with Crippen LogP contribution in [0.15, 0.2) is 30.9 Å². The molecule has 0 radical (unpaired) electrons. The number of benzene rings is 1. The highest BCUT2D eigenvalue weighted by molar-refractivity contribution is 8.02. The molecule has 2 aliphatic rings. The Kier molecular flexibility index (Phi) is 4.61. The van der Waals surface area contributed by atoms with Crippen LogP contribution >= 0.6 is 12.1 Å². The molecule has 2 heterocycles. The molecule has 3 N–H and O–H groups in total. The van der Waals surface area contributed by atoms with Gasteiger partial charge in [0, 0.05) is 26.2 Å². The summed E-state index contributed by atoms with van der Waals surface area (Å²) in [6.07, 6.45) is 1.31. The summed E-state index contributed by atoms with van der Waals surface area (Å²) in [4.78, 5) is 27.3. The molecule has 8 heteroatoms. The molecule has 0 bridgehead atoms. The summed E-state index contributed by atoms with van der Waals surface area (Å²) in [5.41, 5.74) is 2.87. The molecule has 2 aliphatic heterocycles. The summed E-state index contributed by atoms with van der Waals surface area (Å²) in [5.74, 6) is -0.0435. The summed E-state index contributed by atoms with van der Waals surface area (Å²) in [6, 6.07) is 5.85. The van der Waals surface area contributed by atoms with E-state index in [2.05, 4.69) is 21.3 Å². The van der Waals surface area contributed by atoms with E-state index in [9.17, 15) is 9.59 Å². The van der Waals surface area contributed by atoms with E-state index in [0.717, 1.165) is 17.1 Å². The SMILES string of the molecule is C=CC(=O)N1CCN(C(=O)CNc2cccc3c2NSN3)CC1. The second-order valence-corrected chi connectivity index (χ2v) is 5.91. The van der Waals surface area contributed by atoms with E-state index in [0.29, 0.717) is 26.2 Å². The number of nitrogens with one attached hydrogen (secondary N) is 3. The molecule has 0 aromatic heterocycles. The van der Waals surface area contributed by atoms with Crippen molar-refractivity contribution in [2.45, 2.75) is 0 Å². The minimum absolute atomic E-state index is 0.0342. The second kappa shape index (κ2) is 6.82. The highest BCUT2D eigenvalue weighted by atomic mass is 32.2. The zero-order chi connectivity index (χ0) is 16.2. The summed E-state index contributed by atoms with van der Waals surface area (Å²) >= 11 is 1.40. The average molecular weight is 333 g/mol. The van der Waals surface area contributed by atoms with Crippen molar-refractivity contribution < 1.29 is 9.59 Å². The minimum Gasteiger partial charge on any atom is -0.374 e. The molecule has 1 fully saturated rings. The third-order valence-electron chi connectivity index (χ3n) is 3.93. The number of hydrogen-bond donors (Lipinski definition) is 3. The highest BCUT2D eigenvalue weighted by Gasteiger charge is 2.23. The third-order valence-corrected chi connectivity index (χ3v) is 4.56. The van der Waals surface area contributed by atoms with Crippen LogP contribution in [0.1, 0.15) is 0 Å². The van der Waals surface area contributed by atoms with Crippen molar-refractivity contribution in [3.8, 4) is 0 Å². The highest BCUT2D eigenvalue weighted by Crippen LogP contribution is 2.38. The van der Waals surface area contributed by atoms with Crippen molar-refractivity contribution in [3.05, 3.63) is 30.9 Å². The Morgan fingerprint density at radius 1 is 1.22 bits per heavy atom. The molecular weight excluding hydrogens is 314 g/mol.